The van der Waals surface area contributed by atoms with E-state index in [1.807, 2.05) is 30.3 Å². The van der Waals surface area contributed by atoms with Crippen molar-refractivity contribution in [3.05, 3.63) is 102 Å². The van der Waals surface area contributed by atoms with E-state index in [9.17, 15) is 14.0 Å². The van der Waals surface area contributed by atoms with Gasteiger partial charge in [0, 0.05) is 0 Å². The third-order valence-corrected chi connectivity index (χ3v) is 5.69. The number of carbonyl (C=O) groups is 1. The number of rotatable bonds is 3. The van der Waals surface area contributed by atoms with Crippen molar-refractivity contribution in [1.82, 2.24) is 4.57 Å². The number of hydrogen-bond donors (Lipinski definition) is 0. The molecule has 0 N–H and O–H groups in total. The molecule has 0 radical (unpaired) electrons. The molecule has 0 fully saturated rings. The lowest BCUT2D eigenvalue weighted by Gasteiger charge is -2.24. The van der Waals surface area contributed by atoms with Crippen molar-refractivity contribution in [2.45, 2.75) is 13.0 Å². The van der Waals surface area contributed by atoms with Crippen molar-refractivity contribution in [3.8, 4) is 0 Å². The average Bonchev–Trinajstić information content (AvgIpc) is 3.03. The molecule has 0 unspecified atom stereocenters. The molecule has 0 amide bonds. The van der Waals surface area contributed by atoms with Gasteiger partial charge in [-0.2, -0.15) is 0 Å². The van der Waals surface area contributed by atoms with Gasteiger partial charge in [-0.25, -0.2) is 14.2 Å². The highest BCUT2D eigenvalue weighted by molar-refractivity contribution is 7.07. The van der Waals surface area contributed by atoms with Crippen LogP contribution in [0.2, 0.25) is 0 Å². The highest BCUT2D eigenvalue weighted by Gasteiger charge is 2.32. The molecule has 0 aliphatic carbocycles. The molecule has 7 heteroatoms. The molecular formula is C22H17FN2O3S. The minimum Gasteiger partial charge on any atom is -0.466 e. The predicted molar refractivity (Wildman–Crippen MR) is 109 cm³/mol. The van der Waals surface area contributed by atoms with Gasteiger partial charge in [0.1, 0.15) is 5.82 Å². The number of aromatic nitrogens is 1. The Morgan fingerprint density at radius 3 is 2.52 bits per heavy atom. The molecule has 1 aliphatic heterocycles. The number of methoxy groups -OCH3 is 1. The van der Waals surface area contributed by atoms with Crippen LogP contribution in [-0.2, 0) is 9.53 Å². The minimum absolute atomic E-state index is 0.263. The molecule has 146 valence electrons. The van der Waals surface area contributed by atoms with E-state index in [0.29, 0.717) is 26.2 Å². The summed E-state index contributed by atoms with van der Waals surface area (Å²) >= 11 is 1.23. The first-order valence-corrected chi connectivity index (χ1v) is 9.72. The Kier molecular flexibility index (Phi) is 4.98. The number of ether oxygens (including phenoxy) is 1. The van der Waals surface area contributed by atoms with Crippen LogP contribution >= 0.6 is 11.3 Å². The molecule has 3 aromatic rings. The van der Waals surface area contributed by atoms with Gasteiger partial charge in [-0.15, -0.1) is 0 Å². The molecule has 1 atom stereocenters. The van der Waals surface area contributed by atoms with Crippen LogP contribution in [0.4, 0.5) is 4.39 Å². The normalized spacial score (nSPS) is 16.4. The zero-order valence-electron chi connectivity index (χ0n) is 15.8. The summed E-state index contributed by atoms with van der Waals surface area (Å²) in [7, 11) is 1.31. The summed E-state index contributed by atoms with van der Waals surface area (Å²) in [6.07, 6.45) is 1.70. The molecular weight excluding hydrogens is 391 g/mol. The molecule has 0 bridgehead atoms. The van der Waals surface area contributed by atoms with Crippen LogP contribution in [0.3, 0.4) is 0 Å². The maximum absolute atomic E-state index is 13.3. The van der Waals surface area contributed by atoms with Gasteiger partial charge in [-0.05, 0) is 36.3 Å². The summed E-state index contributed by atoms with van der Waals surface area (Å²) in [6, 6.07) is 14.6. The highest BCUT2D eigenvalue weighted by Crippen LogP contribution is 2.30. The number of esters is 1. The van der Waals surface area contributed by atoms with Crippen molar-refractivity contribution < 1.29 is 13.9 Å². The number of allylic oxidation sites excluding steroid dienone is 1. The largest absolute Gasteiger partial charge is 0.466 e. The fourth-order valence-corrected chi connectivity index (χ4v) is 4.40. The van der Waals surface area contributed by atoms with Crippen LogP contribution in [0.1, 0.15) is 24.1 Å². The number of fused-ring (bicyclic) bond motifs is 1. The van der Waals surface area contributed by atoms with Crippen LogP contribution in [0.15, 0.2) is 75.7 Å². The van der Waals surface area contributed by atoms with Gasteiger partial charge in [0.2, 0.25) is 0 Å². The Balaban J connectivity index is 1.97. The topological polar surface area (TPSA) is 60.7 Å². The zero-order valence-corrected chi connectivity index (χ0v) is 16.6. The van der Waals surface area contributed by atoms with Gasteiger partial charge in [0.15, 0.2) is 4.80 Å². The van der Waals surface area contributed by atoms with Gasteiger partial charge in [0.05, 0.1) is 29.0 Å². The Morgan fingerprint density at radius 1 is 1.17 bits per heavy atom. The summed E-state index contributed by atoms with van der Waals surface area (Å²) in [4.78, 5) is 30.8. The first kappa shape index (κ1) is 19.0. The van der Waals surface area contributed by atoms with Crippen molar-refractivity contribution in [1.29, 1.82) is 0 Å². The standard InChI is InChI=1S/C22H17FN2O3S/c1-13-18(21(27)28-2)19(15-6-4-3-5-7-15)25-20(26)17(29-22(25)24-13)12-14-8-10-16(23)11-9-14/h3-12,19H,1-2H3/b17-12+/t19-/m1/s1. The van der Waals surface area contributed by atoms with Crippen LogP contribution in [0, 0.1) is 5.82 Å². The molecule has 2 aromatic carbocycles. The zero-order chi connectivity index (χ0) is 20.5. The van der Waals surface area contributed by atoms with Crippen LogP contribution in [-0.4, -0.2) is 17.6 Å². The van der Waals surface area contributed by atoms with Crippen LogP contribution in [0.5, 0.6) is 0 Å². The molecule has 2 heterocycles. The summed E-state index contributed by atoms with van der Waals surface area (Å²) in [5.41, 5.74) is 2.08. The second-order valence-electron chi connectivity index (χ2n) is 6.54. The van der Waals surface area contributed by atoms with Crippen molar-refractivity contribution in [2.75, 3.05) is 7.11 Å². The fourth-order valence-electron chi connectivity index (χ4n) is 3.35. The van der Waals surface area contributed by atoms with E-state index in [-0.39, 0.29) is 11.4 Å². The van der Waals surface area contributed by atoms with Crippen molar-refractivity contribution in [2.24, 2.45) is 4.99 Å². The van der Waals surface area contributed by atoms with Crippen LogP contribution < -0.4 is 14.9 Å². The molecule has 0 saturated heterocycles. The second-order valence-corrected chi connectivity index (χ2v) is 7.54. The lowest BCUT2D eigenvalue weighted by atomic mass is 9.96. The Bertz CT molecular complexity index is 1290. The third kappa shape index (κ3) is 3.45. The second kappa shape index (κ2) is 7.60. The van der Waals surface area contributed by atoms with Gasteiger partial charge >= 0.3 is 5.97 Å². The monoisotopic (exact) mass is 408 g/mol. The van der Waals surface area contributed by atoms with E-state index in [1.54, 1.807) is 25.1 Å². The molecule has 0 saturated carbocycles. The molecule has 1 aliphatic rings. The number of halogens is 1. The maximum atomic E-state index is 13.3. The van der Waals surface area contributed by atoms with Gasteiger partial charge in [-0.3, -0.25) is 9.36 Å². The summed E-state index contributed by atoms with van der Waals surface area (Å²) in [5, 5.41) is 0. The maximum Gasteiger partial charge on any atom is 0.338 e. The Hall–Kier alpha value is -3.32. The molecule has 29 heavy (non-hydrogen) atoms. The van der Waals surface area contributed by atoms with Crippen molar-refractivity contribution >= 4 is 23.4 Å². The molecule has 1 aromatic heterocycles. The van der Waals surface area contributed by atoms with E-state index in [4.69, 9.17) is 4.74 Å². The van der Waals surface area contributed by atoms with Gasteiger partial charge < -0.3 is 4.74 Å². The predicted octanol–water partition coefficient (Wildman–Crippen LogP) is 2.55. The van der Waals surface area contributed by atoms with Crippen LogP contribution in [0.25, 0.3) is 6.08 Å². The lowest BCUT2D eigenvalue weighted by Crippen LogP contribution is -2.39. The minimum atomic E-state index is -0.629. The van der Waals surface area contributed by atoms with Gasteiger partial charge in [-0.1, -0.05) is 53.8 Å². The number of thiazole rings is 1. The number of hydrogen-bond acceptors (Lipinski definition) is 5. The van der Waals surface area contributed by atoms with Gasteiger partial charge in [0.25, 0.3) is 5.56 Å². The number of nitrogens with zero attached hydrogens (tertiary/aromatic N) is 2. The highest BCUT2D eigenvalue weighted by atomic mass is 32.1. The average molecular weight is 408 g/mol. The number of carbonyl (C=O) groups excluding carboxylic acids is 1. The first-order chi connectivity index (χ1) is 14.0. The summed E-state index contributed by atoms with van der Waals surface area (Å²) < 4.78 is 20.1. The summed E-state index contributed by atoms with van der Waals surface area (Å²) in [6.45, 7) is 1.74. The Morgan fingerprint density at radius 2 is 1.86 bits per heavy atom. The smallest absolute Gasteiger partial charge is 0.338 e. The SMILES string of the molecule is COC(=O)C1=C(C)N=c2s/c(=C/c3ccc(F)cc3)c(=O)n2[C@@H]1c1ccccc1. The van der Waals surface area contributed by atoms with E-state index in [1.165, 1.54) is 35.1 Å². The van der Waals surface area contributed by atoms with E-state index in [0.717, 1.165) is 5.56 Å². The summed E-state index contributed by atoms with van der Waals surface area (Å²) in [5.74, 6) is -0.862. The van der Waals surface area contributed by atoms with E-state index in [2.05, 4.69) is 4.99 Å². The molecule has 4 rings (SSSR count). The third-order valence-electron chi connectivity index (χ3n) is 4.71. The molecule has 5 nitrogen and oxygen atoms in total. The Labute approximate surface area is 169 Å². The molecule has 0 spiro atoms. The number of benzene rings is 2. The quantitative estimate of drug-likeness (QED) is 0.626. The van der Waals surface area contributed by atoms with E-state index < -0.39 is 12.0 Å². The van der Waals surface area contributed by atoms with E-state index >= 15 is 0 Å². The lowest BCUT2D eigenvalue weighted by molar-refractivity contribution is -0.136. The fraction of sp³-hybridized carbons (Fsp3) is 0.136. The first-order valence-electron chi connectivity index (χ1n) is 8.91. The van der Waals surface area contributed by atoms with Crippen molar-refractivity contribution in [3.63, 3.8) is 0 Å².